The fourth-order valence-corrected chi connectivity index (χ4v) is 1.58. The van der Waals surface area contributed by atoms with Gasteiger partial charge in [-0.05, 0) is 15.9 Å². The summed E-state index contributed by atoms with van der Waals surface area (Å²) < 4.78 is 1.70. The number of nitrogens with zero attached hydrogens (tertiary/aromatic N) is 4. The quantitative estimate of drug-likeness (QED) is 0.883. The summed E-state index contributed by atoms with van der Waals surface area (Å²) in [5.74, 6) is -0.589. The van der Waals surface area contributed by atoms with Crippen LogP contribution in [0.2, 0.25) is 0 Å². The zero-order valence-corrected chi connectivity index (χ0v) is 8.92. The van der Waals surface area contributed by atoms with Gasteiger partial charge >= 0.3 is 5.97 Å². The van der Waals surface area contributed by atoms with Crippen molar-refractivity contribution >= 4 is 21.9 Å². The number of aromatic nitrogens is 4. The third kappa shape index (κ3) is 1.73. The lowest BCUT2D eigenvalue weighted by atomic mass is 10.4. The minimum Gasteiger partial charge on any atom is -0.478 e. The number of hydrogen-bond acceptors (Lipinski definition) is 4. The Hall–Kier alpha value is -1.76. The van der Waals surface area contributed by atoms with E-state index in [2.05, 4.69) is 31.0 Å². The second-order valence-electron chi connectivity index (χ2n) is 2.63. The van der Waals surface area contributed by atoms with Crippen LogP contribution in [0.5, 0.6) is 0 Å². The van der Waals surface area contributed by atoms with Crippen LogP contribution < -0.4 is 0 Å². The lowest BCUT2D eigenvalue weighted by Gasteiger charge is -2.00. The molecule has 0 radical (unpaired) electrons. The van der Waals surface area contributed by atoms with Crippen LogP contribution in [0.15, 0.2) is 29.4 Å². The van der Waals surface area contributed by atoms with E-state index in [0.29, 0.717) is 10.4 Å². The van der Waals surface area contributed by atoms with Crippen molar-refractivity contribution in [2.75, 3.05) is 0 Å². The Morgan fingerprint density at radius 1 is 1.40 bits per heavy atom. The van der Waals surface area contributed by atoms with Crippen molar-refractivity contribution in [1.29, 1.82) is 0 Å². The van der Waals surface area contributed by atoms with Crippen molar-refractivity contribution < 1.29 is 9.90 Å². The minimum absolute atomic E-state index is 0.0839. The van der Waals surface area contributed by atoms with Gasteiger partial charge in [0.25, 0.3) is 0 Å². The molecule has 0 fully saturated rings. The van der Waals surface area contributed by atoms with Crippen molar-refractivity contribution in [2.45, 2.75) is 0 Å². The van der Waals surface area contributed by atoms with E-state index in [1.54, 1.807) is 0 Å². The van der Waals surface area contributed by atoms with E-state index in [9.17, 15) is 4.79 Å². The van der Waals surface area contributed by atoms with Crippen LogP contribution >= 0.6 is 15.9 Å². The van der Waals surface area contributed by atoms with Crippen LogP contribution in [-0.2, 0) is 0 Å². The molecule has 6 nitrogen and oxygen atoms in total. The predicted molar refractivity (Wildman–Crippen MR) is 53.8 cm³/mol. The molecule has 0 aromatic carbocycles. The minimum atomic E-state index is -1.04. The van der Waals surface area contributed by atoms with E-state index in [1.807, 2.05) is 0 Å². The number of carboxylic acid groups (broad SMARTS) is 1. The SMILES string of the molecule is O=C(O)c1cnn(-c2cnccn2)c1Br. The molecule has 1 N–H and O–H groups in total. The van der Waals surface area contributed by atoms with Gasteiger partial charge in [0, 0.05) is 12.4 Å². The van der Waals surface area contributed by atoms with Crippen molar-refractivity contribution in [3.8, 4) is 5.82 Å². The van der Waals surface area contributed by atoms with E-state index >= 15 is 0 Å². The molecule has 0 aliphatic rings. The summed E-state index contributed by atoms with van der Waals surface area (Å²) in [6.45, 7) is 0. The Kier molecular flexibility index (Phi) is 2.46. The maximum atomic E-state index is 10.7. The topological polar surface area (TPSA) is 80.9 Å². The number of carboxylic acids is 1. The highest BCUT2D eigenvalue weighted by molar-refractivity contribution is 9.10. The Morgan fingerprint density at radius 3 is 2.73 bits per heavy atom. The average molecular weight is 269 g/mol. The van der Waals surface area contributed by atoms with E-state index in [0.717, 1.165) is 0 Å². The molecular weight excluding hydrogens is 264 g/mol. The first-order valence-electron chi connectivity index (χ1n) is 3.93. The van der Waals surface area contributed by atoms with Crippen LogP contribution in [0.3, 0.4) is 0 Å². The molecule has 0 aliphatic heterocycles. The molecule has 0 saturated carbocycles. The first-order chi connectivity index (χ1) is 7.20. The molecule has 0 saturated heterocycles. The Labute approximate surface area is 92.7 Å². The fraction of sp³-hybridized carbons (Fsp3) is 0. The van der Waals surface area contributed by atoms with Crippen molar-refractivity contribution in [1.82, 2.24) is 19.7 Å². The molecule has 15 heavy (non-hydrogen) atoms. The molecule has 2 aromatic rings. The largest absolute Gasteiger partial charge is 0.478 e. The normalized spacial score (nSPS) is 10.2. The van der Waals surface area contributed by atoms with Gasteiger partial charge in [0.15, 0.2) is 5.82 Å². The highest BCUT2D eigenvalue weighted by Gasteiger charge is 2.15. The number of carbonyl (C=O) groups is 1. The van der Waals surface area contributed by atoms with E-state index in [4.69, 9.17) is 5.11 Å². The molecule has 0 unspecified atom stereocenters. The number of hydrogen-bond donors (Lipinski definition) is 1. The molecule has 76 valence electrons. The van der Waals surface area contributed by atoms with Gasteiger partial charge in [-0.2, -0.15) is 5.10 Å². The molecule has 2 rings (SSSR count). The fourth-order valence-electron chi connectivity index (χ4n) is 1.04. The van der Waals surface area contributed by atoms with Crippen molar-refractivity contribution in [2.24, 2.45) is 0 Å². The highest BCUT2D eigenvalue weighted by atomic mass is 79.9. The van der Waals surface area contributed by atoms with Gasteiger partial charge in [-0.15, -0.1) is 0 Å². The summed E-state index contributed by atoms with van der Waals surface area (Å²) in [5, 5.41) is 12.7. The molecule has 0 bridgehead atoms. The van der Waals surface area contributed by atoms with Crippen LogP contribution in [0.4, 0.5) is 0 Å². The molecule has 0 aliphatic carbocycles. The van der Waals surface area contributed by atoms with Gasteiger partial charge in [0.2, 0.25) is 0 Å². The van der Waals surface area contributed by atoms with Crippen LogP contribution in [0.25, 0.3) is 5.82 Å². The maximum Gasteiger partial charge on any atom is 0.340 e. The Bertz CT molecular complexity index is 497. The van der Waals surface area contributed by atoms with Crippen LogP contribution in [-0.4, -0.2) is 30.8 Å². The van der Waals surface area contributed by atoms with Gasteiger partial charge in [0.1, 0.15) is 10.2 Å². The monoisotopic (exact) mass is 268 g/mol. The summed E-state index contributed by atoms with van der Waals surface area (Å²) >= 11 is 3.14. The van der Waals surface area contributed by atoms with Crippen molar-refractivity contribution in [3.63, 3.8) is 0 Å². The Morgan fingerprint density at radius 2 is 2.20 bits per heavy atom. The van der Waals surface area contributed by atoms with E-state index < -0.39 is 5.97 Å². The van der Waals surface area contributed by atoms with E-state index in [1.165, 1.54) is 29.5 Å². The van der Waals surface area contributed by atoms with Gasteiger partial charge in [0.05, 0.1) is 12.4 Å². The molecule has 7 heteroatoms. The maximum absolute atomic E-state index is 10.7. The third-order valence-electron chi connectivity index (χ3n) is 1.71. The highest BCUT2D eigenvalue weighted by Crippen LogP contribution is 2.18. The standard InChI is InChI=1S/C8H5BrN4O2/c9-7-5(8(14)15)3-12-13(7)6-4-10-1-2-11-6/h1-4H,(H,14,15). The van der Waals surface area contributed by atoms with E-state index in [-0.39, 0.29) is 5.56 Å². The van der Waals surface area contributed by atoms with Gasteiger partial charge in [-0.25, -0.2) is 14.5 Å². The summed E-state index contributed by atoms with van der Waals surface area (Å²) in [5.41, 5.74) is 0.0839. The molecular formula is C8H5BrN4O2. The van der Waals surface area contributed by atoms with Gasteiger partial charge in [-0.1, -0.05) is 0 Å². The second kappa shape index (κ2) is 3.77. The molecule has 0 amide bonds. The third-order valence-corrected chi connectivity index (χ3v) is 2.47. The zero-order valence-electron chi connectivity index (χ0n) is 7.33. The van der Waals surface area contributed by atoms with Gasteiger partial charge < -0.3 is 5.11 Å². The van der Waals surface area contributed by atoms with Crippen LogP contribution in [0, 0.1) is 0 Å². The molecule has 2 aromatic heterocycles. The lowest BCUT2D eigenvalue weighted by Crippen LogP contribution is -2.01. The molecule has 0 atom stereocenters. The summed E-state index contributed by atoms with van der Waals surface area (Å²) in [6.07, 6.45) is 5.77. The second-order valence-corrected chi connectivity index (χ2v) is 3.38. The average Bonchev–Trinajstić information content (AvgIpc) is 2.61. The number of aromatic carboxylic acids is 1. The number of rotatable bonds is 2. The van der Waals surface area contributed by atoms with Crippen LogP contribution in [0.1, 0.15) is 10.4 Å². The number of halogens is 1. The predicted octanol–water partition coefficient (Wildman–Crippen LogP) is 1.12. The Balaban J connectivity index is 2.52. The van der Waals surface area contributed by atoms with Gasteiger partial charge in [-0.3, -0.25) is 4.98 Å². The molecule has 2 heterocycles. The smallest absolute Gasteiger partial charge is 0.340 e. The zero-order chi connectivity index (χ0) is 10.8. The first kappa shape index (κ1) is 9.78. The molecule has 0 spiro atoms. The summed E-state index contributed by atoms with van der Waals surface area (Å²) in [7, 11) is 0. The first-order valence-corrected chi connectivity index (χ1v) is 4.72. The summed E-state index contributed by atoms with van der Waals surface area (Å²) in [4.78, 5) is 18.6. The summed E-state index contributed by atoms with van der Waals surface area (Å²) in [6, 6.07) is 0. The lowest BCUT2D eigenvalue weighted by molar-refractivity contribution is 0.0696. The van der Waals surface area contributed by atoms with Crippen molar-refractivity contribution in [3.05, 3.63) is 35.0 Å².